The van der Waals surface area contributed by atoms with E-state index in [1.165, 1.54) is 16.7 Å². The van der Waals surface area contributed by atoms with Crippen molar-refractivity contribution in [3.05, 3.63) is 64.6 Å². The van der Waals surface area contributed by atoms with Crippen LogP contribution in [0.5, 0.6) is 11.5 Å². The van der Waals surface area contributed by atoms with Crippen LogP contribution in [-0.2, 0) is 16.1 Å². The van der Waals surface area contributed by atoms with E-state index in [-0.39, 0.29) is 18.4 Å². The smallest absolute Gasteiger partial charge is 0.266 e. The summed E-state index contributed by atoms with van der Waals surface area (Å²) in [5, 5.41) is 0. The summed E-state index contributed by atoms with van der Waals surface area (Å²) in [6, 6.07) is 15.2. The number of hydrogen-bond donors (Lipinski definition) is 0. The van der Waals surface area contributed by atoms with Gasteiger partial charge in [0.1, 0.15) is 10.9 Å². The first-order valence-corrected chi connectivity index (χ1v) is 11.0. The molecular weight excluding hydrogens is 432 g/mol. The Kier molecular flexibility index (Phi) is 7.70. The van der Waals surface area contributed by atoms with E-state index in [9.17, 15) is 9.59 Å². The summed E-state index contributed by atoms with van der Waals surface area (Å²) in [6.07, 6.45) is 1.74. The lowest BCUT2D eigenvalue weighted by atomic mass is 10.2. The van der Waals surface area contributed by atoms with Crippen LogP contribution in [0.3, 0.4) is 0 Å². The predicted octanol–water partition coefficient (Wildman–Crippen LogP) is 3.95. The van der Waals surface area contributed by atoms with Gasteiger partial charge in [0.05, 0.1) is 19.1 Å². The fourth-order valence-corrected chi connectivity index (χ4v) is 4.40. The fourth-order valence-electron chi connectivity index (χ4n) is 3.15. The lowest BCUT2D eigenvalue weighted by Gasteiger charge is -2.23. The Balaban J connectivity index is 1.72. The highest BCUT2D eigenvalue weighted by Crippen LogP contribution is 2.34. The minimum Gasteiger partial charge on any atom is -0.493 e. The van der Waals surface area contributed by atoms with Gasteiger partial charge in [-0.2, -0.15) is 0 Å². The zero-order valence-electron chi connectivity index (χ0n) is 17.7. The minimum absolute atomic E-state index is 0.0748. The van der Waals surface area contributed by atoms with Crippen LogP contribution in [0.15, 0.2) is 53.4 Å². The average Bonchev–Trinajstić information content (AvgIpc) is 3.05. The highest BCUT2D eigenvalue weighted by Gasteiger charge is 2.34. The van der Waals surface area contributed by atoms with E-state index < -0.39 is 0 Å². The van der Waals surface area contributed by atoms with Gasteiger partial charge in [-0.05, 0) is 36.3 Å². The van der Waals surface area contributed by atoms with Crippen LogP contribution in [-0.4, -0.2) is 53.2 Å². The number of rotatable bonds is 8. The molecule has 0 bridgehead atoms. The highest BCUT2D eigenvalue weighted by molar-refractivity contribution is 8.26. The number of likely N-dealkylation sites (N-methyl/N-ethyl adjacent to an activating group) is 1. The number of nitrogens with zero attached hydrogens (tertiary/aromatic N) is 2. The lowest BCUT2D eigenvalue weighted by Crippen LogP contribution is -2.41. The second-order valence-corrected chi connectivity index (χ2v) is 8.45. The first kappa shape index (κ1) is 22.8. The Morgan fingerprint density at radius 2 is 1.84 bits per heavy atom. The van der Waals surface area contributed by atoms with Gasteiger partial charge < -0.3 is 14.4 Å². The molecule has 1 saturated heterocycles. The Bertz CT molecular complexity index is 1010. The van der Waals surface area contributed by atoms with Gasteiger partial charge in [-0.25, -0.2) is 0 Å². The van der Waals surface area contributed by atoms with E-state index in [4.69, 9.17) is 21.7 Å². The first-order chi connectivity index (χ1) is 15.0. The molecule has 31 heavy (non-hydrogen) atoms. The SMILES string of the molecule is CCN(Cc1ccccc1)C(=O)CN1C(=O)/C(=C/c2ccc(OC)c(OC)c2)SC1=S. The molecule has 1 aliphatic rings. The number of thioether (sulfide) groups is 1. The van der Waals surface area contributed by atoms with Crippen molar-refractivity contribution in [1.29, 1.82) is 0 Å². The number of thiocarbonyl (C=S) groups is 1. The van der Waals surface area contributed by atoms with Crippen molar-refractivity contribution >= 4 is 46.2 Å². The van der Waals surface area contributed by atoms with E-state index >= 15 is 0 Å². The van der Waals surface area contributed by atoms with Gasteiger partial charge in [0.2, 0.25) is 5.91 Å². The van der Waals surface area contributed by atoms with Gasteiger partial charge in [-0.3, -0.25) is 14.5 Å². The third kappa shape index (κ3) is 5.45. The van der Waals surface area contributed by atoms with Crippen LogP contribution >= 0.6 is 24.0 Å². The summed E-state index contributed by atoms with van der Waals surface area (Å²) in [5.41, 5.74) is 1.82. The zero-order chi connectivity index (χ0) is 22.4. The maximum atomic E-state index is 12.9. The van der Waals surface area contributed by atoms with Crippen molar-refractivity contribution in [1.82, 2.24) is 9.80 Å². The standard InChI is InChI=1S/C23H24N2O4S2/c1-4-24(14-16-8-6-5-7-9-16)21(26)15-25-22(27)20(31-23(25)30)13-17-10-11-18(28-2)19(12-17)29-3/h5-13H,4,14-15H2,1-3H3/b20-13-. The monoisotopic (exact) mass is 456 g/mol. The molecule has 0 radical (unpaired) electrons. The van der Waals surface area contributed by atoms with Gasteiger partial charge in [0, 0.05) is 13.1 Å². The molecule has 2 aromatic carbocycles. The van der Waals surface area contributed by atoms with Crippen LogP contribution in [0, 0.1) is 0 Å². The summed E-state index contributed by atoms with van der Waals surface area (Å²) in [6.45, 7) is 2.88. The van der Waals surface area contributed by atoms with Crippen molar-refractivity contribution in [2.75, 3.05) is 27.3 Å². The van der Waals surface area contributed by atoms with Crippen molar-refractivity contribution in [3.8, 4) is 11.5 Å². The molecule has 8 heteroatoms. The molecule has 0 atom stereocenters. The lowest BCUT2D eigenvalue weighted by molar-refractivity contribution is -0.135. The highest BCUT2D eigenvalue weighted by atomic mass is 32.2. The molecule has 0 aliphatic carbocycles. The maximum absolute atomic E-state index is 12.9. The van der Waals surface area contributed by atoms with Gasteiger partial charge in [-0.1, -0.05) is 60.4 Å². The molecule has 1 heterocycles. The molecule has 1 aliphatic heterocycles. The Hall–Kier alpha value is -2.84. The third-order valence-corrected chi connectivity index (χ3v) is 6.20. The molecule has 0 N–H and O–H groups in total. The number of hydrogen-bond acceptors (Lipinski definition) is 6. The fraction of sp³-hybridized carbons (Fsp3) is 0.261. The van der Waals surface area contributed by atoms with Crippen LogP contribution in [0.2, 0.25) is 0 Å². The third-order valence-electron chi connectivity index (χ3n) is 4.82. The van der Waals surface area contributed by atoms with Gasteiger partial charge in [-0.15, -0.1) is 0 Å². The summed E-state index contributed by atoms with van der Waals surface area (Å²) in [7, 11) is 3.12. The summed E-state index contributed by atoms with van der Waals surface area (Å²) >= 11 is 6.57. The summed E-state index contributed by atoms with van der Waals surface area (Å²) in [4.78, 5) is 29.3. The molecule has 0 saturated carbocycles. The van der Waals surface area contributed by atoms with E-state index in [2.05, 4.69) is 0 Å². The molecule has 2 amide bonds. The maximum Gasteiger partial charge on any atom is 0.266 e. The second kappa shape index (κ2) is 10.5. The van der Waals surface area contributed by atoms with Gasteiger partial charge >= 0.3 is 0 Å². The molecule has 6 nitrogen and oxygen atoms in total. The first-order valence-electron chi connectivity index (χ1n) is 9.76. The molecule has 162 valence electrons. The summed E-state index contributed by atoms with van der Waals surface area (Å²) < 4.78 is 10.9. The van der Waals surface area contributed by atoms with E-state index in [0.717, 1.165) is 11.1 Å². The number of ether oxygens (including phenoxy) is 2. The molecule has 3 rings (SSSR count). The van der Waals surface area contributed by atoms with E-state index in [1.54, 1.807) is 37.3 Å². The molecule has 0 aromatic heterocycles. The molecule has 0 spiro atoms. The van der Waals surface area contributed by atoms with E-state index in [1.807, 2.05) is 43.3 Å². The van der Waals surface area contributed by atoms with Crippen LogP contribution < -0.4 is 9.47 Å². The molecular formula is C23H24N2O4S2. The van der Waals surface area contributed by atoms with Crippen molar-refractivity contribution in [2.24, 2.45) is 0 Å². The predicted molar refractivity (Wildman–Crippen MR) is 127 cm³/mol. The van der Waals surface area contributed by atoms with Crippen LogP contribution in [0.25, 0.3) is 6.08 Å². The number of methoxy groups -OCH3 is 2. The second-order valence-electron chi connectivity index (χ2n) is 6.78. The Morgan fingerprint density at radius 1 is 1.13 bits per heavy atom. The quantitative estimate of drug-likeness (QED) is 0.443. The molecule has 2 aromatic rings. The largest absolute Gasteiger partial charge is 0.493 e. The van der Waals surface area contributed by atoms with Gasteiger partial charge in [0.25, 0.3) is 5.91 Å². The average molecular weight is 457 g/mol. The number of benzene rings is 2. The number of carbonyl (C=O) groups is 2. The van der Waals surface area contributed by atoms with E-state index in [0.29, 0.717) is 33.8 Å². The molecule has 1 fully saturated rings. The molecule has 0 unspecified atom stereocenters. The number of amides is 2. The zero-order valence-corrected chi connectivity index (χ0v) is 19.3. The summed E-state index contributed by atoms with van der Waals surface area (Å²) in [5.74, 6) is 0.765. The van der Waals surface area contributed by atoms with Crippen LogP contribution in [0.4, 0.5) is 0 Å². The Morgan fingerprint density at radius 3 is 2.48 bits per heavy atom. The Labute approximate surface area is 191 Å². The van der Waals surface area contributed by atoms with Crippen LogP contribution in [0.1, 0.15) is 18.1 Å². The topological polar surface area (TPSA) is 59.1 Å². The van der Waals surface area contributed by atoms with Crippen molar-refractivity contribution in [3.63, 3.8) is 0 Å². The van der Waals surface area contributed by atoms with Crippen molar-refractivity contribution < 1.29 is 19.1 Å². The normalized spacial score (nSPS) is 14.8. The van der Waals surface area contributed by atoms with Gasteiger partial charge in [0.15, 0.2) is 11.5 Å². The van der Waals surface area contributed by atoms with Crippen molar-refractivity contribution in [2.45, 2.75) is 13.5 Å². The minimum atomic E-state index is -0.270. The number of carbonyl (C=O) groups excluding carboxylic acids is 2.